The first-order chi connectivity index (χ1) is 55.6. The molecule has 33 heteroatoms. The molecular formula is C84H81F6N15O12. The highest BCUT2D eigenvalue weighted by molar-refractivity contribution is 6.46. The van der Waals surface area contributed by atoms with Crippen molar-refractivity contribution < 1.29 is 84.8 Å². The monoisotopic (exact) mass is 1610 g/mol. The number of imidazole rings is 7. The topological polar surface area (TPSA) is 345 Å². The van der Waals surface area contributed by atoms with Crippen LogP contribution in [0, 0.1) is 34.9 Å². The number of nitrogens with one attached hydrogen (secondary N) is 1. The Hall–Kier alpha value is -14.6. The number of benzene rings is 6. The van der Waals surface area contributed by atoms with Crippen LogP contribution in [0.1, 0.15) is 134 Å². The maximum atomic E-state index is 12.9. The number of ether oxygens (including phenoxy) is 1. The number of aromatic amines is 1. The number of hydrogen-bond acceptors (Lipinski definition) is 19. The van der Waals surface area contributed by atoms with Gasteiger partial charge in [-0.3, -0.25) is 33.6 Å². The van der Waals surface area contributed by atoms with Crippen molar-refractivity contribution in [2.24, 2.45) is 0 Å². The van der Waals surface area contributed by atoms with E-state index in [1.807, 2.05) is 18.4 Å². The molecule has 1 aliphatic heterocycles. The van der Waals surface area contributed by atoms with Crippen molar-refractivity contribution in [1.29, 1.82) is 0 Å². The van der Waals surface area contributed by atoms with Gasteiger partial charge in [-0.05, 0) is 127 Å². The summed E-state index contributed by atoms with van der Waals surface area (Å²) in [5, 5.41) is 29.5. The maximum absolute atomic E-state index is 12.9. The first-order valence-corrected chi connectivity index (χ1v) is 35.1. The molecule has 1 atom stereocenters. The SMILES string of the molecule is C.CC(=O)c1cn(Cc2ccc(F)cc2)cn1.CC(C)N1CC(=C(O)c2cn(Cc3ccc(F)cc3)cn2)C(=O)C1=O.CC(O)c1cn(Cc2ccc(F)cc2)cn1.COC(=O)C(=O)C=C(O)c1cn(Cc2ccc(F)cc2)cn1.O=Cc1cn(Cc2ccc(F)cc2)cn1.O=Cc1cnc[nH]1.O=Cc1cncn1Cc1ccc(F)cc1. The quantitative estimate of drug-likeness (QED) is 0.00931. The number of aldehydes is 3. The summed E-state index contributed by atoms with van der Waals surface area (Å²) >= 11 is 0. The van der Waals surface area contributed by atoms with E-state index < -0.39 is 35.3 Å². The third-order valence-electron chi connectivity index (χ3n) is 16.4. The van der Waals surface area contributed by atoms with Gasteiger partial charge in [-0.2, -0.15) is 0 Å². The summed E-state index contributed by atoms with van der Waals surface area (Å²) in [4.78, 5) is 120. The van der Waals surface area contributed by atoms with Gasteiger partial charge in [-0.15, -0.1) is 0 Å². The van der Waals surface area contributed by atoms with Crippen molar-refractivity contribution >= 4 is 59.6 Å². The predicted octanol–water partition coefficient (Wildman–Crippen LogP) is 12.9. The number of aromatic nitrogens is 14. The first-order valence-electron chi connectivity index (χ1n) is 35.1. The largest absolute Gasteiger partial charge is 0.505 e. The van der Waals surface area contributed by atoms with Crippen LogP contribution in [0.4, 0.5) is 26.3 Å². The van der Waals surface area contributed by atoms with Crippen LogP contribution in [0.5, 0.6) is 0 Å². The molecule has 13 aromatic rings. The average molecular weight is 1610 g/mol. The summed E-state index contributed by atoms with van der Waals surface area (Å²) in [6.07, 6.45) is 24.3. The standard InChI is InChI=1S/C18H18FN3O3.C15H13FN2O4.C12H13FN2O.C12H11FN2O.2C11H9FN2O.C4H4N2O.CH4/c1-11(2)22-8-14(17(24)18(22)25)16(23)15-9-21(10-20-15)7-12-3-5-13(19)6-4-12;1-22-15(21)14(20)6-13(19)12-8-18(9-17-12)7-10-2-4-11(16)5-3-10;2*1-9(16)12-7-15(8-14-12)6-10-2-4-11(13)5-3-10;12-10-3-1-9(2-4-10)6-14-8-13-5-11(14)7-15;12-10-3-1-9(2-4-10)5-14-6-11(7-15)13-8-14;7-2-4-1-5-3-6-4;/h3-6,9-11,23H,7-8H2,1-2H3;2-6,8-9,19H,7H2,1H3;2-5,7-9,16H,6H2,1H3;2-5,7-8H,6H2,1H3;1-5,7-8H,6H2;1-4,6-8H,5H2;1-3H,(H,5,6);1H4. The number of carbonyl (C=O) groups is 8. The average Bonchev–Trinajstić information content (AvgIpc) is 1.65. The molecule has 1 unspecified atom stereocenters. The lowest BCUT2D eigenvalue weighted by Gasteiger charge is -2.18. The molecule has 0 aliphatic carbocycles. The second-order valence-electron chi connectivity index (χ2n) is 25.6. The molecule has 8 heterocycles. The molecule has 606 valence electrons. The number of rotatable bonds is 22. The Morgan fingerprint density at radius 2 is 0.889 bits per heavy atom. The number of likely N-dealkylation sites (tertiary alicyclic amines) is 1. The van der Waals surface area contributed by atoms with E-state index >= 15 is 0 Å². The van der Waals surface area contributed by atoms with Crippen LogP contribution < -0.4 is 0 Å². The van der Waals surface area contributed by atoms with Crippen molar-refractivity contribution in [3.8, 4) is 0 Å². The minimum Gasteiger partial charge on any atom is -0.505 e. The number of nitrogens with zero attached hydrogens (tertiary/aromatic N) is 14. The molecular weight excluding hydrogens is 1530 g/mol. The van der Waals surface area contributed by atoms with Gasteiger partial charge in [0.05, 0.1) is 93.4 Å². The fourth-order valence-electron chi connectivity index (χ4n) is 10.3. The lowest BCUT2D eigenvalue weighted by atomic mass is 10.1. The second kappa shape index (κ2) is 44.6. The third kappa shape index (κ3) is 28.5. The van der Waals surface area contributed by atoms with Crippen molar-refractivity contribution in [2.45, 2.75) is 86.5 Å². The fraction of sp³-hybridized carbons (Fsp3) is 0.179. The van der Waals surface area contributed by atoms with Crippen molar-refractivity contribution in [1.82, 2.24) is 72.2 Å². The van der Waals surface area contributed by atoms with E-state index in [1.165, 1.54) is 122 Å². The van der Waals surface area contributed by atoms with Gasteiger partial charge in [0, 0.05) is 89.3 Å². The molecule has 0 spiro atoms. The smallest absolute Gasteiger partial charge is 0.378 e. The highest BCUT2D eigenvalue weighted by Gasteiger charge is 2.38. The number of H-pyrrole nitrogens is 1. The summed E-state index contributed by atoms with van der Waals surface area (Å²) in [5.74, 6) is -5.76. The summed E-state index contributed by atoms with van der Waals surface area (Å²) in [6.45, 7) is 10.0. The molecule has 1 aliphatic rings. The van der Waals surface area contributed by atoms with E-state index in [2.05, 4.69) is 44.6 Å². The number of hydrogen-bond donors (Lipinski definition) is 4. The third-order valence-corrected chi connectivity index (χ3v) is 16.4. The lowest BCUT2D eigenvalue weighted by molar-refractivity contribution is -0.149. The van der Waals surface area contributed by atoms with Gasteiger partial charge in [0.1, 0.15) is 69.1 Å². The van der Waals surface area contributed by atoms with Crippen LogP contribution in [0.3, 0.4) is 0 Å². The highest BCUT2D eigenvalue weighted by Crippen LogP contribution is 2.24. The predicted molar refractivity (Wildman–Crippen MR) is 418 cm³/mol. The molecule has 4 N–H and O–H groups in total. The van der Waals surface area contributed by atoms with Crippen LogP contribution in [0.2, 0.25) is 0 Å². The minimum atomic E-state index is -1.07. The Morgan fingerprint density at radius 3 is 1.24 bits per heavy atom. The van der Waals surface area contributed by atoms with E-state index in [0.717, 1.165) is 52.9 Å². The molecule has 1 fully saturated rings. The van der Waals surface area contributed by atoms with E-state index in [9.17, 15) is 80.0 Å². The number of amides is 1. The molecule has 7 aromatic heterocycles. The summed E-state index contributed by atoms with van der Waals surface area (Å²) in [5.41, 5.74) is 8.51. The molecule has 1 amide bonds. The van der Waals surface area contributed by atoms with Crippen molar-refractivity contribution in [3.63, 3.8) is 0 Å². The van der Waals surface area contributed by atoms with Crippen LogP contribution in [-0.4, -0.2) is 155 Å². The van der Waals surface area contributed by atoms with Crippen molar-refractivity contribution in [3.05, 3.63) is 353 Å². The zero-order valence-corrected chi connectivity index (χ0v) is 62.9. The Morgan fingerprint density at radius 1 is 0.496 bits per heavy atom. The number of ketones is 3. The minimum absolute atomic E-state index is 0. The number of aliphatic hydroxyl groups is 3. The molecule has 14 rings (SSSR count). The van der Waals surface area contributed by atoms with Crippen LogP contribution in [-0.2, 0) is 63.2 Å². The number of methoxy groups -OCH3 is 1. The molecule has 0 saturated carbocycles. The van der Waals surface area contributed by atoms with E-state index in [1.54, 1.807) is 153 Å². The molecule has 0 radical (unpaired) electrons. The number of carbonyl (C=O) groups excluding carboxylic acids is 8. The maximum Gasteiger partial charge on any atom is 0.378 e. The normalized spacial score (nSPS) is 12.0. The van der Waals surface area contributed by atoms with Gasteiger partial charge in [-0.1, -0.05) is 80.2 Å². The molecule has 27 nitrogen and oxygen atoms in total. The van der Waals surface area contributed by atoms with Gasteiger partial charge in [0.2, 0.25) is 0 Å². The van der Waals surface area contributed by atoms with E-state index in [-0.39, 0.29) is 83.4 Å². The van der Waals surface area contributed by atoms with E-state index in [4.69, 9.17) is 0 Å². The van der Waals surface area contributed by atoms with Crippen molar-refractivity contribution in [2.75, 3.05) is 13.7 Å². The summed E-state index contributed by atoms with van der Waals surface area (Å²) in [6, 6.07) is 36.9. The highest BCUT2D eigenvalue weighted by atomic mass is 19.1. The van der Waals surface area contributed by atoms with Gasteiger partial charge >= 0.3 is 5.97 Å². The van der Waals surface area contributed by atoms with Gasteiger partial charge < -0.3 is 57.3 Å². The fourth-order valence-corrected chi connectivity index (χ4v) is 10.3. The zero-order chi connectivity index (χ0) is 83.8. The number of Topliss-reactive ketones (excluding diaryl/α,β-unsaturated/α-hetero) is 2. The molecule has 1 saturated heterocycles. The Balaban J connectivity index is 0.000000192. The zero-order valence-electron chi connectivity index (χ0n) is 62.9. The lowest BCUT2D eigenvalue weighted by Crippen LogP contribution is -2.33. The Labute approximate surface area is 666 Å². The number of esters is 1. The summed E-state index contributed by atoms with van der Waals surface area (Å²) < 4.78 is 91.1. The molecule has 0 bridgehead atoms. The first kappa shape index (κ1) is 89.6. The Bertz CT molecular complexity index is 5440. The van der Waals surface area contributed by atoms with Crippen LogP contribution >= 0.6 is 0 Å². The van der Waals surface area contributed by atoms with Gasteiger partial charge in [0.15, 0.2) is 30.4 Å². The van der Waals surface area contributed by atoms with Crippen LogP contribution in [0.15, 0.2) is 245 Å². The van der Waals surface area contributed by atoms with E-state index in [0.29, 0.717) is 80.3 Å². The van der Waals surface area contributed by atoms with Crippen LogP contribution in [0.25, 0.3) is 11.5 Å². The molecule has 6 aromatic carbocycles. The second-order valence-corrected chi connectivity index (χ2v) is 25.6. The number of aliphatic hydroxyl groups excluding tert-OH is 3. The molecule has 117 heavy (non-hydrogen) atoms. The summed E-state index contributed by atoms with van der Waals surface area (Å²) in [7, 11) is 1.07. The van der Waals surface area contributed by atoms with Gasteiger partial charge in [-0.25, -0.2) is 66.0 Å². The Kier molecular flexibility index (Phi) is 34.1. The van der Waals surface area contributed by atoms with Gasteiger partial charge in [0.25, 0.3) is 17.5 Å². The number of halogens is 6.